The van der Waals surface area contributed by atoms with Crippen molar-refractivity contribution in [3.05, 3.63) is 78.4 Å². The fourth-order valence-electron chi connectivity index (χ4n) is 2.43. The van der Waals surface area contributed by atoms with Gasteiger partial charge in [-0.3, -0.25) is 4.79 Å². The first kappa shape index (κ1) is 15.8. The van der Waals surface area contributed by atoms with E-state index in [2.05, 4.69) is 39.9 Å². The molecule has 0 radical (unpaired) electrons. The lowest BCUT2D eigenvalue weighted by Gasteiger charge is -2.09. The number of benzene rings is 2. The molecule has 0 aliphatic carbocycles. The van der Waals surface area contributed by atoms with Crippen LogP contribution in [0.1, 0.15) is 18.1 Å². The lowest BCUT2D eigenvalue weighted by molar-refractivity contribution is -0.114. The van der Waals surface area contributed by atoms with E-state index in [1.807, 2.05) is 41.4 Å². The van der Waals surface area contributed by atoms with Gasteiger partial charge in [-0.15, -0.1) is 0 Å². The number of rotatable bonds is 6. The van der Waals surface area contributed by atoms with Gasteiger partial charge in [0.05, 0.1) is 6.33 Å². The van der Waals surface area contributed by atoms with E-state index in [4.69, 9.17) is 0 Å². The zero-order valence-electron chi connectivity index (χ0n) is 13.6. The first-order chi connectivity index (χ1) is 11.7. The van der Waals surface area contributed by atoms with Gasteiger partial charge in [0.1, 0.15) is 0 Å². The molecular weight excluding hydrogens is 300 g/mol. The van der Waals surface area contributed by atoms with Crippen LogP contribution in [0.25, 0.3) is 0 Å². The van der Waals surface area contributed by atoms with E-state index >= 15 is 0 Å². The molecule has 1 amide bonds. The number of hydrogen-bond acceptors (Lipinski definition) is 3. The Morgan fingerprint density at radius 3 is 2.29 bits per heavy atom. The van der Waals surface area contributed by atoms with E-state index in [-0.39, 0.29) is 5.91 Å². The minimum Gasteiger partial charge on any atom is -0.381 e. The maximum atomic E-state index is 11.0. The third-order valence-electron chi connectivity index (χ3n) is 3.65. The second kappa shape index (κ2) is 7.46. The largest absolute Gasteiger partial charge is 0.381 e. The van der Waals surface area contributed by atoms with Crippen molar-refractivity contribution in [2.75, 3.05) is 10.6 Å². The second-order valence-electron chi connectivity index (χ2n) is 5.66. The fourth-order valence-corrected chi connectivity index (χ4v) is 2.43. The molecule has 5 heteroatoms. The Hall–Kier alpha value is -3.08. The molecule has 0 fully saturated rings. The Kier molecular flexibility index (Phi) is 4.91. The zero-order chi connectivity index (χ0) is 16.8. The summed E-state index contributed by atoms with van der Waals surface area (Å²) in [6, 6.07) is 16.2. The normalized spacial score (nSPS) is 10.4. The van der Waals surface area contributed by atoms with Crippen molar-refractivity contribution in [1.82, 2.24) is 9.55 Å². The van der Waals surface area contributed by atoms with Crippen LogP contribution < -0.4 is 10.6 Å². The molecule has 0 bridgehead atoms. The summed E-state index contributed by atoms with van der Waals surface area (Å²) >= 11 is 0. The van der Waals surface area contributed by atoms with Crippen LogP contribution in [0, 0.1) is 0 Å². The van der Waals surface area contributed by atoms with Crippen molar-refractivity contribution in [1.29, 1.82) is 0 Å². The van der Waals surface area contributed by atoms with Gasteiger partial charge < -0.3 is 15.2 Å². The number of carbonyl (C=O) groups is 1. The maximum Gasteiger partial charge on any atom is 0.221 e. The lowest BCUT2D eigenvalue weighted by atomic mass is 10.1. The number of hydrogen-bond donors (Lipinski definition) is 2. The van der Waals surface area contributed by atoms with Crippen molar-refractivity contribution < 1.29 is 4.79 Å². The highest BCUT2D eigenvalue weighted by atomic mass is 16.1. The van der Waals surface area contributed by atoms with Gasteiger partial charge in [-0.25, -0.2) is 4.98 Å². The van der Waals surface area contributed by atoms with Crippen molar-refractivity contribution in [3.8, 4) is 0 Å². The molecule has 5 nitrogen and oxygen atoms in total. The van der Waals surface area contributed by atoms with Crippen LogP contribution in [0.4, 0.5) is 11.4 Å². The van der Waals surface area contributed by atoms with Gasteiger partial charge in [-0.05, 0) is 35.4 Å². The van der Waals surface area contributed by atoms with Crippen LogP contribution in [0.15, 0.2) is 67.3 Å². The Labute approximate surface area is 141 Å². The average molecular weight is 320 g/mol. The van der Waals surface area contributed by atoms with E-state index in [0.717, 1.165) is 30.0 Å². The van der Waals surface area contributed by atoms with Gasteiger partial charge in [-0.1, -0.05) is 24.3 Å². The second-order valence-corrected chi connectivity index (χ2v) is 5.66. The molecule has 0 saturated carbocycles. The van der Waals surface area contributed by atoms with Crippen LogP contribution >= 0.6 is 0 Å². The smallest absolute Gasteiger partial charge is 0.221 e. The van der Waals surface area contributed by atoms with Gasteiger partial charge in [0, 0.05) is 43.8 Å². The predicted octanol–water partition coefficient (Wildman–Crippen LogP) is 3.50. The quantitative estimate of drug-likeness (QED) is 0.731. The molecule has 2 N–H and O–H groups in total. The SMILES string of the molecule is CC(=O)Nc1ccc(CNc2ccc(Cn3ccnc3)cc2)cc1. The Morgan fingerprint density at radius 1 is 1.00 bits per heavy atom. The standard InChI is InChI=1S/C19H20N4O/c1-15(24)22-19-8-2-16(3-9-19)12-21-18-6-4-17(5-7-18)13-23-11-10-20-14-23/h2-11,14,21H,12-13H2,1H3,(H,22,24). The number of aromatic nitrogens is 2. The summed E-state index contributed by atoms with van der Waals surface area (Å²) in [7, 11) is 0. The summed E-state index contributed by atoms with van der Waals surface area (Å²) in [4.78, 5) is 15.1. The summed E-state index contributed by atoms with van der Waals surface area (Å²) in [6.45, 7) is 3.07. The highest BCUT2D eigenvalue weighted by molar-refractivity contribution is 5.88. The summed E-state index contributed by atoms with van der Waals surface area (Å²) in [5.74, 6) is -0.0587. The summed E-state index contributed by atoms with van der Waals surface area (Å²) in [5, 5.41) is 6.16. The molecule has 0 spiro atoms. The van der Waals surface area contributed by atoms with Crippen molar-refractivity contribution >= 4 is 17.3 Å². The van der Waals surface area contributed by atoms with Crippen LogP contribution in [-0.2, 0) is 17.9 Å². The van der Waals surface area contributed by atoms with Crippen LogP contribution in [-0.4, -0.2) is 15.5 Å². The third kappa shape index (κ3) is 4.46. The topological polar surface area (TPSA) is 59.0 Å². The van der Waals surface area contributed by atoms with Crippen LogP contribution in [0.3, 0.4) is 0 Å². The van der Waals surface area contributed by atoms with E-state index in [9.17, 15) is 4.79 Å². The minimum absolute atomic E-state index is 0.0587. The average Bonchev–Trinajstić information content (AvgIpc) is 3.08. The number of amides is 1. The minimum atomic E-state index is -0.0587. The molecule has 1 aromatic heterocycles. The van der Waals surface area contributed by atoms with Gasteiger partial charge in [0.15, 0.2) is 0 Å². The molecule has 3 aromatic rings. The first-order valence-electron chi connectivity index (χ1n) is 7.84. The first-order valence-corrected chi connectivity index (χ1v) is 7.84. The molecule has 122 valence electrons. The lowest BCUT2D eigenvalue weighted by Crippen LogP contribution is -2.06. The molecule has 1 heterocycles. The molecule has 0 aliphatic heterocycles. The third-order valence-corrected chi connectivity index (χ3v) is 3.65. The predicted molar refractivity (Wildman–Crippen MR) is 95.8 cm³/mol. The van der Waals surface area contributed by atoms with Gasteiger partial charge >= 0.3 is 0 Å². The molecule has 0 aliphatic rings. The van der Waals surface area contributed by atoms with E-state index < -0.39 is 0 Å². The highest BCUT2D eigenvalue weighted by Gasteiger charge is 1.99. The number of carbonyl (C=O) groups excluding carboxylic acids is 1. The molecular formula is C19H20N4O. The van der Waals surface area contributed by atoms with Crippen molar-refractivity contribution in [2.45, 2.75) is 20.0 Å². The zero-order valence-corrected chi connectivity index (χ0v) is 13.6. The molecule has 24 heavy (non-hydrogen) atoms. The monoisotopic (exact) mass is 320 g/mol. The Bertz CT molecular complexity index is 777. The van der Waals surface area contributed by atoms with Crippen LogP contribution in [0.5, 0.6) is 0 Å². The summed E-state index contributed by atoms with van der Waals surface area (Å²) < 4.78 is 2.04. The highest BCUT2D eigenvalue weighted by Crippen LogP contribution is 2.14. The summed E-state index contributed by atoms with van der Waals surface area (Å²) in [5.41, 5.74) is 4.29. The van der Waals surface area contributed by atoms with Crippen molar-refractivity contribution in [2.24, 2.45) is 0 Å². The van der Waals surface area contributed by atoms with E-state index in [0.29, 0.717) is 0 Å². The number of imidazole rings is 1. The fraction of sp³-hybridized carbons (Fsp3) is 0.158. The number of anilines is 2. The van der Waals surface area contributed by atoms with E-state index in [1.165, 1.54) is 12.5 Å². The van der Waals surface area contributed by atoms with Gasteiger partial charge in [-0.2, -0.15) is 0 Å². The molecule has 2 aromatic carbocycles. The van der Waals surface area contributed by atoms with Gasteiger partial charge in [0.2, 0.25) is 5.91 Å². The molecule has 0 unspecified atom stereocenters. The maximum absolute atomic E-state index is 11.0. The Balaban J connectivity index is 1.53. The summed E-state index contributed by atoms with van der Waals surface area (Å²) in [6.07, 6.45) is 5.56. The van der Waals surface area contributed by atoms with Crippen LogP contribution in [0.2, 0.25) is 0 Å². The molecule has 0 saturated heterocycles. The van der Waals surface area contributed by atoms with E-state index in [1.54, 1.807) is 6.20 Å². The number of nitrogens with zero attached hydrogens (tertiary/aromatic N) is 2. The Morgan fingerprint density at radius 2 is 1.67 bits per heavy atom. The van der Waals surface area contributed by atoms with Crippen molar-refractivity contribution in [3.63, 3.8) is 0 Å². The molecule has 3 rings (SSSR count). The number of nitrogens with one attached hydrogen (secondary N) is 2. The molecule has 0 atom stereocenters. The van der Waals surface area contributed by atoms with Gasteiger partial charge in [0.25, 0.3) is 0 Å².